The standard InChI is InChI=1S/C17H18N2O5/c1-23-14-4-3-11(9-15(14)24-2)5-8-19-16(20)12-6-7-18-10-13(12)17(21)22/h3-4,6-7,9-10H,5,8H2,1-2H3,(H,19,20)(H,21,22). The zero-order chi connectivity index (χ0) is 17.5. The zero-order valence-electron chi connectivity index (χ0n) is 13.4. The van der Waals surface area contributed by atoms with E-state index >= 15 is 0 Å². The molecule has 0 spiro atoms. The van der Waals surface area contributed by atoms with E-state index in [4.69, 9.17) is 14.6 Å². The number of nitrogens with zero attached hydrogens (tertiary/aromatic N) is 1. The van der Waals surface area contributed by atoms with Crippen LogP contribution in [0.2, 0.25) is 0 Å². The van der Waals surface area contributed by atoms with Crippen LogP contribution < -0.4 is 14.8 Å². The fourth-order valence-corrected chi connectivity index (χ4v) is 2.21. The summed E-state index contributed by atoms with van der Waals surface area (Å²) < 4.78 is 10.4. The van der Waals surface area contributed by atoms with Gasteiger partial charge in [-0.1, -0.05) is 6.07 Å². The number of pyridine rings is 1. The van der Waals surface area contributed by atoms with Crippen molar-refractivity contribution in [1.82, 2.24) is 10.3 Å². The summed E-state index contributed by atoms with van der Waals surface area (Å²) in [4.78, 5) is 27.0. The van der Waals surface area contributed by atoms with Crippen molar-refractivity contribution in [3.63, 3.8) is 0 Å². The number of ether oxygens (including phenoxy) is 2. The lowest BCUT2D eigenvalue weighted by Gasteiger charge is -2.10. The minimum atomic E-state index is -1.19. The molecular weight excluding hydrogens is 312 g/mol. The van der Waals surface area contributed by atoms with Crippen LogP contribution in [0.15, 0.2) is 36.7 Å². The van der Waals surface area contributed by atoms with Gasteiger partial charge in [0.2, 0.25) is 0 Å². The molecule has 0 aliphatic carbocycles. The van der Waals surface area contributed by atoms with Crippen LogP contribution in [0.3, 0.4) is 0 Å². The molecule has 0 atom stereocenters. The monoisotopic (exact) mass is 330 g/mol. The van der Waals surface area contributed by atoms with E-state index in [1.54, 1.807) is 20.3 Å². The molecule has 1 amide bonds. The minimum absolute atomic E-state index is 0.0878. The lowest BCUT2D eigenvalue weighted by atomic mass is 10.1. The molecule has 1 aromatic carbocycles. The number of carboxylic acid groups (broad SMARTS) is 1. The third kappa shape index (κ3) is 4.01. The maximum atomic E-state index is 12.1. The van der Waals surface area contributed by atoms with Gasteiger partial charge >= 0.3 is 5.97 Å². The number of aromatic carboxylic acids is 1. The van der Waals surface area contributed by atoms with Gasteiger partial charge in [0, 0.05) is 18.9 Å². The highest BCUT2D eigenvalue weighted by atomic mass is 16.5. The Morgan fingerprint density at radius 2 is 1.88 bits per heavy atom. The van der Waals surface area contributed by atoms with E-state index in [1.165, 1.54) is 12.3 Å². The molecule has 1 heterocycles. The summed E-state index contributed by atoms with van der Waals surface area (Å²) in [7, 11) is 3.12. The van der Waals surface area contributed by atoms with Crippen LogP contribution in [0, 0.1) is 0 Å². The molecular formula is C17H18N2O5. The van der Waals surface area contributed by atoms with Gasteiger partial charge in [-0.2, -0.15) is 0 Å². The predicted octanol–water partition coefficient (Wildman–Crippen LogP) is 1.77. The molecule has 7 nitrogen and oxygen atoms in total. The van der Waals surface area contributed by atoms with Crippen LogP contribution in [0.25, 0.3) is 0 Å². The van der Waals surface area contributed by atoms with Crippen molar-refractivity contribution in [2.45, 2.75) is 6.42 Å². The third-order valence-corrected chi connectivity index (χ3v) is 3.44. The normalized spacial score (nSPS) is 10.1. The first-order valence-electron chi connectivity index (χ1n) is 7.23. The summed E-state index contributed by atoms with van der Waals surface area (Å²) in [6, 6.07) is 6.89. The number of carbonyl (C=O) groups excluding carboxylic acids is 1. The quantitative estimate of drug-likeness (QED) is 0.803. The van der Waals surface area contributed by atoms with Gasteiger partial charge in [0.1, 0.15) is 0 Å². The second-order valence-corrected chi connectivity index (χ2v) is 4.92. The number of hydrogen-bond acceptors (Lipinski definition) is 5. The molecule has 0 bridgehead atoms. The van der Waals surface area contributed by atoms with Crippen LogP contribution >= 0.6 is 0 Å². The van der Waals surface area contributed by atoms with Crippen molar-refractivity contribution in [2.24, 2.45) is 0 Å². The predicted molar refractivity (Wildman–Crippen MR) is 86.8 cm³/mol. The Labute approximate surface area is 139 Å². The number of methoxy groups -OCH3 is 2. The Balaban J connectivity index is 2.00. The van der Waals surface area contributed by atoms with Gasteiger partial charge in [0.15, 0.2) is 11.5 Å². The number of amides is 1. The number of carboxylic acids is 1. The highest BCUT2D eigenvalue weighted by Gasteiger charge is 2.16. The van der Waals surface area contributed by atoms with E-state index in [0.29, 0.717) is 24.5 Å². The van der Waals surface area contributed by atoms with Crippen molar-refractivity contribution in [3.8, 4) is 11.5 Å². The topological polar surface area (TPSA) is 97.8 Å². The molecule has 0 saturated carbocycles. The van der Waals surface area contributed by atoms with Crippen LogP contribution in [-0.2, 0) is 6.42 Å². The Hall–Kier alpha value is -3.09. The van der Waals surface area contributed by atoms with Gasteiger partial charge in [0.25, 0.3) is 5.91 Å². The molecule has 2 aromatic rings. The van der Waals surface area contributed by atoms with E-state index in [2.05, 4.69) is 10.3 Å². The van der Waals surface area contributed by atoms with E-state index in [-0.39, 0.29) is 11.1 Å². The van der Waals surface area contributed by atoms with Crippen molar-refractivity contribution in [1.29, 1.82) is 0 Å². The van der Waals surface area contributed by atoms with Crippen LogP contribution in [0.5, 0.6) is 11.5 Å². The number of benzene rings is 1. The van der Waals surface area contributed by atoms with E-state index in [1.807, 2.05) is 12.1 Å². The van der Waals surface area contributed by atoms with Crippen LogP contribution in [0.4, 0.5) is 0 Å². The molecule has 0 radical (unpaired) electrons. The van der Waals surface area contributed by atoms with Gasteiger partial charge in [-0.05, 0) is 30.2 Å². The zero-order valence-corrected chi connectivity index (χ0v) is 13.4. The number of aromatic nitrogens is 1. The van der Waals surface area contributed by atoms with E-state index < -0.39 is 11.9 Å². The summed E-state index contributed by atoms with van der Waals surface area (Å²) in [6.45, 7) is 0.357. The first-order chi connectivity index (χ1) is 11.6. The largest absolute Gasteiger partial charge is 0.493 e. The van der Waals surface area contributed by atoms with Gasteiger partial charge in [-0.3, -0.25) is 9.78 Å². The van der Waals surface area contributed by atoms with Crippen molar-refractivity contribution >= 4 is 11.9 Å². The molecule has 0 aliphatic heterocycles. The van der Waals surface area contributed by atoms with Gasteiger partial charge in [-0.15, -0.1) is 0 Å². The van der Waals surface area contributed by atoms with Crippen molar-refractivity contribution in [3.05, 3.63) is 53.3 Å². The third-order valence-electron chi connectivity index (χ3n) is 3.44. The van der Waals surface area contributed by atoms with Gasteiger partial charge in [0.05, 0.1) is 25.3 Å². The fraction of sp³-hybridized carbons (Fsp3) is 0.235. The first-order valence-corrected chi connectivity index (χ1v) is 7.23. The summed E-state index contributed by atoms with van der Waals surface area (Å²) in [5, 5.41) is 11.8. The SMILES string of the molecule is COc1ccc(CCNC(=O)c2ccncc2C(=O)O)cc1OC. The Kier molecular flexibility index (Phi) is 5.73. The molecule has 0 saturated heterocycles. The summed E-state index contributed by atoms with van der Waals surface area (Å²) in [6.07, 6.45) is 3.11. The first kappa shape index (κ1) is 17.3. The van der Waals surface area contributed by atoms with Crippen LogP contribution in [0.1, 0.15) is 26.3 Å². The average Bonchev–Trinajstić information content (AvgIpc) is 2.61. The van der Waals surface area contributed by atoms with Gasteiger partial charge < -0.3 is 19.9 Å². The average molecular weight is 330 g/mol. The molecule has 2 N–H and O–H groups in total. The number of rotatable bonds is 7. The highest BCUT2D eigenvalue weighted by molar-refractivity contribution is 6.04. The molecule has 0 aliphatic rings. The Morgan fingerprint density at radius 3 is 2.54 bits per heavy atom. The second kappa shape index (κ2) is 7.96. The molecule has 0 unspecified atom stereocenters. The number of carbonyl (C=O) groups is 2. The lowest BCUT2D eigenvalue weighted by molar-refractivity contribution is 0.0690. The lowest BCUT2D eigenvalue weighted by Crippen LogP contribution is -2.27. The molecule has 7 heteroatoms. The fourth-order valence-electron chi connectivity index (χ4n) is 2.21. The molecule has 0 fully saturated rings. The van der Waals surface area contributed by atoms with E-state index in [0.717, 1.165) is 11.8 Å². The van der Waals surface area contributed by atoms with Crippen molar-refractivity contribution in [2.75, 3.05) is 20.8 Å². The number of nitrogens with one attached hydrogen (secondary N) is 1. The van der Waals surface area contributed by atoms with Crippen LogP contribution in [-0.4, -0.2) is 42.7 Å². The summed E-state index contributed by atoms with van der Waals surface area (Å²) in [5.74, 6) is -0.389. The summed E-state index contributed by atoms with van der Waals surface area (Å²) >= 11 is 0. The maximum Gasteiger partial charge on any atom is 0.338 e. The molecule has 2 rings (SSSR count). The highest BCUT2D eigenvalue weighted by Crippen LogP contribution is 2.27. The van der Waals surface area contributed by atoms with Gasteiger partial charge in [-0.25, -0.2) is 4.79 Å². The number of hydrogen-bond donors (Lipinski definition) is 2. The smallest absolute Gasteiger partial charge is 0.338 e. The molecule has 126 valence electrons. The minimum Gasteiger partial charge on any atom is -0.493 e. The van der Waals surface area contributed by atoms with E-state index in [9.17, 15) is 9.59 Å². The molecule has 24 heavy (non-hydrogen) atoms. The Bertz CT molecular complexity index is 746. The van der Waals surface area contributed by atoms with Crippen molar-refractivity contribution < 1.29 is 24.2 Å². The molecule has 1 aromatic heterocycles. The summed E-state index contributed by atoms with van der Waals surface area (Å²) in [5.41, 5.74) is 0.923. The second-order valence-electron chi connectivity index (χ2n) is 4.92. The maximum absolute atomic E-state index is 12.1. The Morgan fingerprint density at radius 1 is 1.12 bits per heavy atom.